The SMILES string of the molecule is CC1=C/C(=N/NC(=O)c2cc([125I])c(O)c(N=[N+]=[N-])c2)CC(C)(C)[C@@]1(O)/C=C/C(C)=C\C(=O)O. The van der Waals surface area contributed by atoms with Crippen LogP contribution in [0.4, 0.5) is 5.69 Å². The minimum Gasteiger partial charge on any atom is -0.506 e. The third kappa shape index (κ3) is 6.01. The first-order valence-corrected chi connectivity index (χ1v) is 10.8. The summed E-state index contributed by atoms with van der Waals surface area (Å²) >= 11 is 1.82. The minimum absolute atomic E-state index is 0.0687. The predicted octanol–water partition coefficient (Wildman–Crippen LogP) is 4.72. The van der Waals surface area contributed by atoms with Gasteiger partial charge in [-0.3, -0.25) is 4.79 Å². The highest BCUT2D eigenvalue weighted by Gasteiger charge is 2.46. The van der Waals surface area contributed by atoms with Crippen LogP contribution in [0.25, 0.3) is 10.4 Å². The lowest BCUT2D eigenvalue weighted by atomic mass is 9.64. The molecule has 0 heterocycles. The molecule has 1 aliphatic carbocycles. The molecule has 11 heteroatoms. The zero-order valence-electron chi connectivity index (χ0n) is 18.5. The number of nitrogens with zero attached hydrogens (tertiary/aromatic N) is 4. The number of benzene rings is 1. The Morgan fingerprint density at radius 3 is 2.58 bits per heavy atom. The molecule has 0 saturated carbocycles. The highest BCUT2D eigenvalue weighted by Crippen LogP contribution is 2.44. The summed E-state index contributed by atoms with van der Waals surface area (Å²) in [6.07, 6.45) is 6.17. The molecule has 33 heavy (non-hydrogen) atoms. The Bertz CT molecular complexity index is 1160. The summed E-state index contributed by atoms with van der Waals surface area (Å²) in [6, 6.07) is 2.69. The average molecular weight is 563 g/mol. The van der Waals surface area contributed by atoms with E-state index in [-0.39, 0.29) is 17.0 Å². The maximum atomic E-state index is 12.6. The molecule has 10 nitrogen and oxygen atoms in total. The molecule has 1 aromatic carbocycles. The summed E-state index contributed by atoms with van der Waals surface area (Å²) in [5, 5.41) is 37.7. The van der Waals surface area contributed by atoms with Gasteiger partial charge in [0, 0.05) is 22.0 Å². The molecule has 4 N–H and O–H groups in total. The molecule has 1 amide bonds. The number of rotatable bonds is 6. The lowest BCUT2D eigenvalue weighted by Gasteiger charge is -2.44. The molecule has 1 aliphatic rings. The van der Waals surface area contributed by atoms with Gasteiger partial charge in [0.25, 0.3) is 5.91 Å². The fraction of sp³-hybridized carbons (Fsp3) is 0.318. The summed E-state index contributed by atoms with van der Waals surface area (Å²) in [4.78, 5) is 26.0. The van der Waals surface area contributed by atoms with Gasteiger partial charge < -0.3 is 15.3 Å². The summed E-state index contributed by atoms with van der Waals surface area (Å²) in [6.45, 7) is 7.04. The second kappa shape index (κ2) is 10.2. The van der Waals surface area contributed by atoms with Gasteiger partial charge in [0.15, 0.2) is 0 Å². The van der Waals surface area contributed by atoms with Crippen molar-refractivity contribution in [1.29, 1.82) is 0 Å². The number of phenols is 1. The van der Waals surface area contributed by atoms with E-state index < -0.39 is 22.9 Å². The number of carbonyl (C=O) groups excluding carboxylic acids is 1. The molecular weight excluding hydrogens is 539 g/mol. The number of amides is 1. The fourth-order valence-electron chi connectivity index (χ4n) is 3.48. The zero-order valence-corrected chi connectivity index (χ0v) is 20.7. The normalized spacial score (nSPS) is 21.5. The molecule has 0 bridgehead atoms. The van der Waals surface area contributed by atoms with Crippen LogP contribution >= 0.6 is 22.6 Å². The predicted molar refractivity (Wildman–Crippen MR) is 132 cm³/mol. The minimum atomic E-state index is -1.35. The zero-order chi connectivity index (χ0) is 25.0. The van der Waals surface area contributed by atoms with E-state index in [9.17, 15) is 19.8 Å². The highest BCUT2D eigenvalue weighted by molar-refractivity contribution is 14.1. The summed E-state index contributed by atoms with van der Waals surface area (Å²) in [5.41, 5.74) is 10.7. The van der Waals surface area contributed by atoms with E-state index >= 15 is 0 Å². The van der Waals surface area contributed by atoms with Crippen LogP contribution in [0.5, 0.6) is 5.75 Å². The molecule has 1 aromatic rings. The monoisotopic (exact) mass is 563 g/mol. The highest BCUT2D eigenvalue weighted by atomic mass is 125. The Kier molecular flexibility index (Phi) is 8.06. The van der Waals surface area contributed by atoms with Gasteiger partial charge >= 0.3 is 5.97 Å². The number of carboxylic acid groups (broad SMARTS) is 1. The Labute approximate surface area is 204 Å². The Morgan fingerprint density at radius 1 is 1.33 bits per heavy atom. The molecule has 0 fully saturated rings. The lowest BCUT2D eigenvalue weighted by Crippen LogP contribution is -2.48. The number of hydrogen-bond donors (Lipinski definition) is 4. The van der Waals surface area contributed by atoms with E-state index in [0.717, 1.165) is 6.08 Å². The van der Waals surface area contributed by atoms with Crippen LogP contribution in [0, 0.1) is 8.99 Å². The van der Waals surface area contributed by atoms with Crippen molar-refractivity contribution in [3.63, 3.8) is 0 Å². The van der Waals surface area contributed by atoms with Gasteiger partial charge in [0.1, 0.15) is 11.4 Å². The van der Waals surface area contributed by atoms with Gasteiger partial charge in [-0.25, -0.2) is 10.2 Å². The van der Waals surface area contributed by atoms with Crippen LogP contribution in [0.3, 0.4) is 0 Å². The maximum Gasteiger partial charge on any atom is 0.328 e. The van der Waals surface area contributed by atoms with Crippen LogP contribution in [0.15, 0.2) is 57.8 Å². The molecule has 0 aliphatic heterocycles. The number of carboxylic acids is 1. The van der Waals surface area contributed by atoms with Gasteiger partial charge in [-0.2, -0.15) is 5.10 Å². The number of aromatic hydroxyl groups is 1. The molecule has 0 radical (unpaired) electrons. The molecule has 0 saturated heterocycles. The maximum absolute atomic E-state index is 12.6. The van der Waals surface area contributed by atoms with Crippen molar-refractivity contribution in [3.8, 4) is 5.75 Å². The molecule has 174 valence electrons. The molecule has 2 rings (SSSR count). The van der Waals surface area contributed by atoms with E-state index in [0.29, 0.717) is 26.8 Å². The largest absolute Gasteiger partial charge is 0.506 e. The standard InChI is InChI=1S/C22H24IN5O5/c1-12(7-18(29)30)5-6-22(33)13(2)8-15(11-21(22,3)4)25-27-20(32)14-9-16(23)19(31)17(10-14)26-28-24/h5-10,31,33H,11H2,1-4H3,(H,27,32)(H,29,30)/b6-5+,12-7-,25-15-/t22-/m1/s1/i23-2. The smallest absolute Gasteiger partial charge is 0.328 e. The Morgan fingerprint density at radius 2 is 2.00 bits per heavy atom. The van der Waals surface area contributed by atoms with Crippen molar-refractivity contribution < 1.29 is 24.9 Å². The van der Waals surface area contributed by atoms with Crippen molar-refractivity contribution in [2.75, 3.05) is 0 Å². The second-order valence-corrected chi connectivity index (χ2v) is 9.44. The van der Waals surface area contributed by atoms with Gasteiger partial charge in [-0.05, 0) is 83.8 Å². The molecule has 0 unspecified atom stereocenters. The number of aliphatic hydroxyl groups is 1. The van der Waals surface area contributed by atoms with E-state index in [1.807, 2.05) is 36.4 Å². The second-order valence-electron chi connectivity index (χ2n) is 8.27. The van der Waals surface area contributed by atoms with E-state index in [4.69, 9.17) is 10.6 Å². The van der Waals surface area contributed by atoms with Crippen molar-refractivity contribution in [3.05, 3.63) is 67.2 Å². The van der Waals surface area contributed by atoms with Gasteiger partial charge in [-0.15, -0.1) is 0 Å². The first-order chi connectivity index (χ1) is 15.3. The average Bonchev–Trinajstić information content (AvgIpc) is 2.71. The third-order valence-corrected chi connectivity index (χ3v) is 6.16. The molecular formula is C22H24IN5O5. The van der Waals surface area contributed by atoms with Crippen molar-refractivity contribution in [2.24, 2.45) is 15.6 Å². The topological polar surface area (TPSA) is 168 Å². The van der Waals surface area contributed by atoms with Crippen LogP contribution in [-0.4, -0.2) is 38.5 Å². The molecule has 1 atom stereocenters. The number of carbonyl (C=O) groups is 2. The molecule has 0 aromatic heterocycles. The van der Waals surface area contributed by atoms with Gasteiger partial charge in [0.2, 0.25) is 0 Å². The summed E-state index contributed by atoms with van der Waals surface area (Å²) in [5.74, 6) is -1.85. The van der Waals surface area contributed by atoms with Crippen LogP contribution in [0.1, 0.15) is 44.5 Å². The Hall–Kier alpha value is -3.15. The number of allylic oxidation sites excluding steroid dienone is 3. The van der Waals surface area contributed by atoms with E-state index in [1.165, 1.54) is 12.1 Å². The lowest BCUT2D eigenvalue weighted by molar-refractivity contribution is -0.131. The number of hydrogen-bond acceptors (Lipinski definition) is 6. The number of nitrogens with one attached hydrogen (secondary N) is 1. The number of phenolic OH excluding ortho intramolecular Hbond substituents is 1. The summed E-state index contributed by atoms with van der Waals surface area (Å²) < 4.78 is 0.342. The number of aliphatic carboxylic acids is 1. The quantitative estimate of drug-likeness (QED) is 0.0746. The van der Waals surface area contributed by atoms with Crippen molar-refractivity contribution >= 4 is 45.9 Å². The van der Waals surface area contributed by atoms with E-state index in [2.05, 4.69) is 20.6 Å². The number of halogens is 1. The third-order valence-electron chi connectivity index (χ3n) is 5.34. The van der Waals surface area contributed by atoms with Crippen LogP contribution in [0.2, 0.25) is 0 Å². The fourth-order valence-corrected chi connectivity index (χ4v) is 4.10. The summed E-state index contributed by atoms with van der Waals surface area (Å²) in [7, 11) is 0. The molecule has 0 spiro atoms. The Balaban J connectivity index is 2.31. The van der Waals surface area contributed by atoms with E-state index in [1.54, 1.807) is 32.1 Å². The first kappa shape index (κ1) is 26.1. The van der Waals surface area contributed by atoms with Gasteiger partial charge in [0.05, 0.1) is 15.0 Å². The number of hydrazone groups is 1. The number of azide groups is 1. The first-order valence-electron chi connectivity index (χ1n) is 9.77. The van der Waals surface area contributed by atoms with Crippen molar-refractivity contribution in [2.45, 2.75) is 39.7 Å². The van der Waals surface area contributed by atoms with Crippen LogP contribution < -0.4 is 5.43 Å². The van der Waals surface area contributed by atoms with Crippen LogP contribution in [-0.2, 0) is 4.79 Å². The van der Waals surface area contributed by atoms with Crippen molar-refractivity contribution in [1.82, 2.24) is 5.43 Å². The van der Waals surface area contributed by atoms with Gasteiger partial charge in [-0.1, -0.05) is 25.0 Å².